The number of rotatable bonds is 6. The van der Waals surface area contributed by atoms with Crippen molar-refractivity contribution in [3.63, 3.8) is 0 Å². The van der Waals surface area contributed by atoms with Crippen molar-refractivity contribution in [3.05, 3.63) is 29.8 Å². The van der Waals surface area contributed by atoms with Crippen LogP contribution in [0.15, 0.2) is 24.3 Å². The number of benzene rings is 1. The van der Waals surface area contributed by atoms with Gasteiger partial charge in [0.1, 0.15) is 0 Å². The molecular weight excluding hydrogens is 202 g/mol. The summed E-state index contributed by atoms with van der Waals surface area (Å²) < 4.78 is 10.2. The van der Waals surface area contributed by atoms with Gasteiger partial charge in [0.15, 0.2) is 6.29 Å². The van der Waals surface area contributed by atoms with Crippen LogP contribution in [0.2, 0.25) is 0 Å². The van der Waals surface area contributed by atoms with Gasteiger partial charge in [-0.15, -0.1) is 0 Å². The highest BCUT2D eigenvalue weighted by Crippen LogP contribution is 2.18. The maximum Gasteiger partial charge on any atom is 0.173 e. The van der Waals surface area contributed by atoms with Crippen LogP contribution in [0.4, 0.5) is 5.69 Å². The summed E-state index contributed by atoms with van der Waals surface area (Å²) in [5, 5.41) is 3.29. The third-order valence-electron chi connectivity index (χ3n) is 2.55. The Kier molecular flexibility index (Phi) is 5.29. The molecule has 0 amide bonds. The highest BCUT2D eigenvalue weighted by Gasteiger charge is 2.05. The Balaban J connectivity index is 2.56. The fourth-order valence-electron chi connectivity index (χ4n) is 1.47. The summed E-state index contributed by atoms with van der Waals surface area (Å²) in [5.41, 5.74) is 2.43. The Morgan fingerprint density at radius 3 is 2.44 bits per heavy atom. The van der Waals surface area contributed by atoms with Crippen molar-refractivity contribution in [2.75, 3.05) is 26.1 Å². The number of nitrogens with one attached hydrogen (secondary N) is 1. The van der Waals surface area contributed by atoms with Crippen LogP contribution in [0.25, 0.3) is 0 Å². The fraction of sp³-hybridized carbons (Fsp3) is 0.538. The second-order valence-electron chi connectivity index (χ2n) is 4.06. The molecule has 0 saturated heterocycles. The van der Waals surface area contributed by atoms with E-state index in [1.165, 1.54) is 5.56 Å². The smallest absolute Gasteiger partial charge is 0.173 e. The van der Waals surface area contributed by atoms with Crippen molar-refractivity contribution < 1.29 is 9.47 Å². The van der Waals surface area contributed by atoms with Crippen molar-refractivity contribution in [1.82, 2.24) is 0 Å². The molecule has 0 aliphatic carbocycles. The predicted molar refractivity (Wildman–Crippen MR) is 66.8 cm³/mol. The van der Waals surface area contributed by atoms with E-state index in [1.807, 2.05) is 6.07 Å². The molecule has 0 aromatic heterocycles. The molecule has 0 atom stereocenters. The molecule has 0 bridgehead atoms. The van der Waals surface area contributed by atoms with E-state index in [0.29, 0.717) is 12.5 Å². The molecule has 0 fully saturated rings. The summed E-state index contributed by atoms with van der Waals surface area (Å²) in [5.74, 6) is 0.544. The van der Waals surface area contributed by atoms with Crippen molar-refractivity contribution in [2.24, 2.45) is 0 Å². The monoisotopic (exact) mass is 223 g/mol. The Hall–Kier alpha value is -1.06. The van der Waals surface area contributed by atoms with E-state index in [1.54, 1.807) is 14.2 Å². The molecule has 1 aromatic rings. The van der Waals surface area contributed by atoms with E-state index >= 15 is 0 Å². The molecule has 0 saturated carbocycles. The first-order chi connectivity index (χ1) is 7.67. The van der Waals surface area contributed by atoms with Crippen molar-refractivity contribution in [2.45, 2.75) is 26.1 Å². The zero-order valence-corrected chi connectivity index (χ0v) is 10.5. The maximum atomic E-state index is 5.11. The molecular formula is C13H21NO2. The fourth-order valence-corrected chi connectivity index (χ4v) is 1.47. The highest BCUT2D eigenvalue weighted by molar-refractivity contribution is 5.46. The first kappa shape index (κ1) is 13.0. The first-order valence-corrected chi connectivity index (χ1v) is 5.56. The van der Waals surface area contributed by atoms with Gasteiger partial charge in [-0.2, -0.15) is 0 Å². The molecule has 90 valence electrons. The summed E-state index contributed by atoms with van der Waals surface area (Å²) in [7, 11) is 3.28. The van der Waals surface area contributed by atoms with E-state index in [0.717, 1.165) is 5.69 Å². The van der Waals surface area contributed by atoms with Gasteiger partial charge in [-0.1, -0.05) is 26.0 Å². The summed E-state index contributed by atoms with van der Waals surface area (Å²) in [6.45, 7) is 5.02. The largest absolute Gasteiger partial charge is 0.380 e. The zero-order chi connectivity index (χ0) is 12.0. The summed E-state index contributed by atoms with van der Waals surface area (Å²) in [6.07, 6.45) is -0.206. The van der Waals surface area contributed by atoms with Gasteiger partial charge in [-0.25, -0.2) is 0 Å². The molecule has 0 aliphatic rings. The number of anilines is 1. The Bertz CT molecular complexity index is 309. The minimum absolute atomic E-state index is 0.206. The van der Waals surface area contributed by atoms with Gasteiger partial charge in [0.25, 0.3) is 0 Å². The molecule has 16 heavy (non-hydrogen) atoms. The van der Waals surface area contributed by atoms with E-state index in [2.05, 4.69) is 37.4 Å². The van der Waals surface area contributed by atoms with E-state index in [4.69, 9.17) is 9.47 Å². The summed E-state index contributed by atoms with van der Waals surface area (Å²) >= 11 is 0. The standard InChI is InChI=1S/C13H21NO2/c1-10(2)11-6-5-7-12(8-11)14-9-13(15-3)16-4/h5-8,10,13-14H,9H2,1-4H3. The van der Waals surface area contributed by atoms with Crippen LogP contribution in [0.5, 0.6) is 0 Å². The Morgan fingerprint density at radius 1 is 1.19 bits per heavy atom. The number of methoxy groups -OCH3 is 2. The minimum Gasteiger partial charge on any atom is -0.380 e. The second-order valence-corrected chi connectivity index (χ2v) is 4.06. The molecule has 0 heterocycles. The summed E-state index contributed by atoms with van der Waals surface area (Å²) in [4.78, 5) is 0. The molecule has 1 N–H and O–H groups in total. The van der Waals surface area contributed by atoms with Gasteiger partial charge in [-0.3, -0.25) is 0 Å². The van der Waals surface area contributed by atoms with E-state index in [-0.39, 0.29) is 6.29 Å². The van der Waals surface area contributed by atoms with Gasteiger partial charge >= 0.3 is 0 Å². The van der Waals surface area contributed by atoms with Crippen LogP contribution in [-0.2, 0) is 9.47 Å². The second kappa shape index (κ2) is 6.51. The lowest BCUT2D eigenvalue weighted by molar-refractivity contribution is -0.0914. The lowest BCUT2D eigenvalue weighted by Gasteiger charge is -2.15. The molecule has 3 nitrogen and oxygen atoms in total. The molecule has 0 radical (unpaired) electrons. The molecule has 0 aliphatic heterocycles. The normalized spacial score (nSPS) is 11.1. The SMILES string of the molecule is COC(CNc1cccc(C(C)C)c1)OC. The molecule has 1 rings (SSSR count). The first-order valence-electron chi connectivity index (χ1n) is 5.56. The van der Waals surface area contributed by atoms with Crippen LogP contribution in [-0.4, -0.2) is 27.1 Å². The number of hydrogen-bond acceptors (Lipinski definition) is 3. The predicted octanol–water partition coefficient (Wildman–Crippen LogP) is 2.84. The average molecular weight is 223 g/mol. The lowest BCUT2D eigenvalue weighted by atomic mass is 10.0. The Morgan fingerprint density at radius 2 is 1.88 bits per heavy atom. The minimum atomic E-state index is -0.206. The molecule has 3 heteroatoms. The van der Waals surface area contributed by atoms with Gasteiger partial charge in [0, 0.05) is 19.9 Å². The van der Waals surface area contributed by atoms with Gasteiger partial charge < -0.3 is 14.8 Å². The van der Waals surface area contributed by atoms with Gasteiger partial charge in [-0.05, 0) is 23.6 Å². The van der Waals surface area contributed by atoms with Crippen LogP contribution in [0.3, 0.4) is 0 Å². The average Bonchev–Trinajstić information content (AvgIpc) is 2.31. The Labute approximate surface area is 97.8 Å². The van der Waals surface area contributed by atoms with Crippen molar-refractivity contribution in [3.8, 4) is 0 Å². The lowest BCUT2D eigenvalue weighted by Crippen LogP contribution is -2.23. The number of ether oxygens (including phenoxy) is 2. The molecule has 0 spiro atoms. The highest BCUT2D eigenvalue weighted by atomic mass is 16.7. The maximum absolute atomic E-state index is 5.11. The van der Waals surface area contributed by atoms with Crippen molar-refractivity contribution >= 4 is 5.69 Å². The van der Waals surface area contributed by atoms with Crippen LogP contribution in [0.1, 0.15) is 25.3 Å². The van der Waals surface area contributed by atoms with Gasteiger partial charge in [0.05, 0.1) is 6.54 Å². The molecule has 0 unspecified atom stereocenters. The van der Waals surface area contributed by atoms with Crippen LogP contribution < -0.4 is 5.32 Å². The summed E-state index contributed by atoms with van der Waals surface area (Å²) in [6, 6.07) is 8.41. The van der Waals surface area contributed by atoms with Crippen molar-refractivity contribution in [1.29, 1.82) is 0 Å². The van der Waals surface area contributed by atoms with Crippen LogP contribution >= 0.6 is 0 Å². The van der Waals surface area contributed by atoms with Crippen LogP contribution in [0, 0.1) is 0 Å². The number of hydrogen-bond donors (Lipinski definition) is 1. The van der Waals surface area contributed by atoms with E-state index in [9.17, 15) is 0 Å². The third-order valence-corrected chi connectivity index (χ3v) is 2.55. The third kappa shape index (κ3) is 3.83. The van der Waals surface area contributed by atoms with E-state index < -0.39 is 0 Å². The quantitative estimate of drug-likeness (QED) is 0.752. The zero-order valence-electron chi connectivity index (χ0n) is 10.5. The topological polar surface area (TPSA) is 30.5 Å². The van der Waals surface area contributed by atoms with Gasteiger partial charge in [0.2, 0.25) is 0 Å². The molecule has 1 aromatic carbocycles.